The maximum absolute atomic E-state index is 5.32. The van der Waals surface area contributed by atoms with Gasteiger partial charge in [-0.25, -0.2) is 0 Å². The number of hydrogen-bond acceptors (Lipinski definition) is 1. The van der Waals surface area contributed by atoms with Crippen LogP contribution in [0.2, 0.25) is 0 Å². The van der Waals surface area contributed by atoms with Crippen LogP contribution in [0.15, 0.2) is 24.4 Å². The van der Waals surface area contributed by atoms with E-state index in [1.54, 1.807) is 7.11 Å². The van der Waals surface area contributed by atoms with E-state index in [2.05, 4.69) is 30.2 Å². The molecule has 0 bridgehead atoms. The van der Waals surface area contributed by atoms with E-state index in [1.807, 2.05) is 6.07 Å². The summed E-state index contributed by atoms with van der Waals surface area (Å²) in [5.41, 5.74) is 2.64. The molecule has 2 nitrogen and oxygen atoms in total. The standard InChI is InChI=1S/C19H29NO/c1-3-4-5-6-7-8-9-10-11-16-15-20-19-13-12-17(21-2)14-18(16)19/h12-15,20H,3-11H2,1-2H3. The SMILES string of the molecule is CCCCCCCCCCc1c[nH]c2ccc(OC)cc12. The van der Waals surface area contributed by atoms with Gasteiger partial charge < -0.3 is 9.72 Å². The van der Waals surface area contributed by atoms with Crippen molar-refractivity contribution in [1.29, 1.82) is 0 Å². The molecule has 1 heterocycles. The highest BCUT2D eigenvalue weighted by molar-refractivity contribution is 5.84. The third-order valence-corrected chi connectivity index (χ3v) is 4.27. The minimum atomic E-state index is 0.944. The van der Waals surface area contributed by atoms with Gasteiger partial charge >= 0.3 is 0 Å². The van der Waals surface area contributed by atoms with Gasteiger partial charge in [-0.15, -0.1) is 0 Å². The molecule has 1 N–H and O–H groups in total. The molecule has 0 unspecified atom stereocenters. The number of unbranched alkanes of at least 4 members (excludes halogenated alkanes) is 7. The number of rotatable bonds is 10. The lowest BCUT2D eigenvalue weighted by Gasteiger charge is -2.03. The van der Waals surface area contributed by atoms with Crippen molar-refractivity contribution in [2.75, 3.05) is 7.11 Å². The van der Waals surface area contributed by atoms with Gasteiger partial charge in [0.2, 0.25) is 0 Å². The summed E-state index contributed by atoms with van der Waals surface area (Å²) >= 11 is 0. The summed E-state index contributed by atoms with van der Waals surface area (Å²) in [6.45, 7) is 2.27. The minimum absolute atomic E-state index is 0.944. The Morgan fingerprint density at radius 2 is 1.67 bits per heavy atom. The first-order chi connectivity index (χ1) is 10.3. The van der Waals surface area contributed by atoms with Crippen LogP contribution in [0.1, 0.15) is 63.9 Å². The Labute approximate surface area is 128 Å². The fraction of sp³-hybridized carbons (Fsp3) is 0.579. The minimum Gasteiger partial charge on any atom is -0.497 e. The number of ether oxygens (including phenoxy) is 1. The lowest BCUT2D eigenvalue weighted by molar-refractivity contribution is 0.415. The van der Waals surface area contributed by atoms with Crippen LogP contribution in [0.3, 0.4) is 0 Å². The molecule has 0 radical (unpaired) electrons. The van der Waals surface area contributed by atoms with E-state index in [-0.39, 0.29) is 0 Å². The zero-order chi connectivity index (χ0) is 14.9. The van der Waals surface area contributed by atoms with Crippen LogP contribution in [0.25, 0.3) is 10.9 Å². The van der Waals surface area contributed by atoms with Gasteiger partial charge in [-0.3, -0.25) is 0 Å². The van der Waals surface area contributed by atoms with Gasteiger partial charge in [-0.1, -0.05) is 51.9 Å². The molecular formula is C19H29NO. The fourth-order valence-electron chi connectivity index (χ4n) is 2.94. The predicted octanol–water partition coefficient (Wildman–Crippen LogP) is 5.86. The Kier molecular flexibility index (Phi) is 6.65. The van der Waals surface area contributed by atoms with Crippen LogP contribution in [-0.4, -0.2) is 12.1 Å². The number of nitrogens with one attached hydrogen (secondary N) is 1. The Hall–Kier alpha value is -1.44. The highest BCUT2D eigenvalue weighted by Crippen LogP contribution is 2.25. The zero-order valence-electron chi connectivity index (χ0n) is 13.6. The van der Waals surface area contributed by atoms with E-state index >= 15 is 0 Å². The third kappa shape index (κ3) is 4.80. The summed E-state index contributed by atoms with van der Waals surface area (Å²) in [5.74, 6) is 0.944. The molecule has 2 heteroatoms. The highest BCUT2D eigenvalue weighted by atomic mass is 16.5. The third-order valence-electron chi connectivity index (χ3n) is 4.27. The number of H-pyrrole nitrogens is 1. The maximum Gasteiger partial charge on any atom is 0.119 e. The Bertz CT molecular complexity index is 529. The monoisotopic (exact) mass is 287 g/mol. The topological polar surface area (TPSA) is 25.0 Å². The average molecular weight is 287 g/mol. The Morgan fingerprint density at radius 1 is 0.952 bits per heavy atom. The molecule has 0 fully saturated rings. The van der Waals surface area contributed by atoms with Crippen LogP contribution in [0.4, 0.5) is 0 Å². The van der Waals surface area contributed by atoms with E-state index in [1.165, 1.54) is 74.3 Å². The van der Waals surface area contributed by atoms with E-state index in [9.17, 15) is 0 Å². The summed E-state index contributed by atoms with van der Waals surface area (Å²) in [7, 11) is 1.73. The largest absolute Gasteiger partial charge is 0.497 e. The molecule has 0 amide bonds. The van der Waals surface area contributed by atoms with Crippen molar-refractivity contribution in [3.05, 3.63) is 30.0 Å². The predicted molar refractivity (Wildman–Crippen MR) is 91.2 cm³/mol. The van der Waals surface area contributed by atoms with Crippen LogP contribution < -0.4 is 4.74 Å². The Balaban J connectivity index is 1.73. The number of aryl methyl sites for hydroxylation is 1. The van der Waals surface area contributed by atoms with Gasteiger partial charge in [0.15, 0.2) is 0 Å². The van der Waals surface area contributed by atoms with Crippen molar-refractivity contribution >= 4 is 10.9 Å². The lowest BCUT2D eigenvalue weighted by Crippen LogP contribution is -1.86. The van der Waals surface area contributed by atoms with Crippen molar-refractivity contribution in [3.63, 3.8) is 0 Å². The van der Waals surface area contributed by atoms with Crippen LogP contribution >= 0.6 is 0 Å². The van der Waals surface area contributed by atoms with Gasteiger partial charge in [0.1, 0.15) is 5.75 Å². The fourth-order valence-corrected chi connectivity index (χ4v) is 2.94. The summed E-state index contributed by atoms with van der Waals surface area (Å²) in [6, 6.07) is 6.26. The van der Waals surface area contributed by atoms with Gasteiger partial charge in [0.25, 0.3) is 0 Å². The van der Waals surface area contributed by atoms with E-state index in [4.69, 9.17) is 4.74 Å². The number of hydrogen-bond donors (Lipinski definition) is 1. The number of fused-ring (bicyclic) bond motifs is 1. The maximum atomic E-state index is 5.32. The van der Waals surface area contributed by atoms with Crippen molar-refractivity contribution < 1.29 is 4.74 Å². The van der Waals surface area contributed by atoms with Crippen LogP contribution in [0, 0.1) is 0 Å². The second kappa shape index (κ2) is 8.76. The van der Waals surface area contributed by atoms with E-state index in [0.29, 0.717) is 0 Å². The number of benzene rings is 1. The molecular weight excluding hydrogens is 258 g/mol. The van der Waals surface area contributed by atoms with Crippen LogP contribution in [0.5, 0.6) is 5.75 Å². The molecule has 0 saturated heterocycles. The van der Waals surface area contributed by atoms with E-state index in [0.717, 1.165) is 5.75 Å². The number of aromatic amines is 1. The molecule has 0 aliphatic rings. The molecule has 116 valence electrons. The Morgan fingerprint density at radius 3 is 2.38 bits per heavy atom. The molecule has 2 aromatic rings. The smallest absolute Gasteiger partial charge is 0.119 e. The van der Waals surface area contributed by atoms with E-state index < -0.39 is 0 Å². The quantitative estimate of drug-likeness (QED) is 0.544. The number of methoxy groups -OCH3 is 1. The summed E-state index contributed by atoms with van der Waals surface area (Å²) in [4.78, 5) is 3.36. The molecule has 21 heavy (non-hydrogen) atoms. The summed E-state index contributed by atoms with van der Waals surface area (Å²) in [6.07, 6.45) is 14.3. The summed E-state index contributed by atoms with van der Waals surface area (Å²) in [5, 5.41) is 1.32. The first-order valence-corrected chi connectivity index (χ1v) is 8.49. The van der Waals surface area contributed by atoms with Gasteiger partial charge in [-0.05, 0) is 36.6 Å². The van der Waals surface area contributed by atoms with Gasteiger partial charge in [0, 0.05) is 17.1 Å². The molecule has 0 saturated carbocycles. The normalized spacial score (nSPS) is 11.1. The molecule has 1 aromatic carbocycles. The van der Waals surface area contributed by atoms with Crippen LogP contribution in [-0.2, 0) is 6.42 Å². The molecule has 0 atom stereocenters. The first kappa shape index (κ1) is 15.9. The van der Waals surface area contributed by atoms with Crippen molar-refractivity contribution in [1.82, 2.24) is 4.98 Å². The van der Waals surface area contributed by atoms with Gasteiger partial charge in [-0.2, -0.15) is 0 Å². The molecule has 1 aromatic heterocycles. The molecule has 2 rings (SSSR count). The van der Waals surface area contributed by atoms with Gasteiger partial charge in [0.05, 0.1) is 7.11 Å². The zero-order valence-corrected chi connectivity index (χ0v) is 13.6. The van der Waals surface area contributed by atoms with Crippen molar-refractivity contribution in [3.8, 4) is 5.75 Å². The van der Waals surface area contributed by atoms with Crippen molar-refractivity contribution in [2.24, 2.45) is 0 Å². The summed E-state index contributed by atoms with van der Waals surface area (Å²) < 4.78 is 5.32. The second-order valence-electron chi connectivity index (χ2n) is 5.95. The molecule has 0 aliphatic carbocycles. The highest BCUT2D eigenvalue weighted by Gasteiger charge is 2.04. The number of aromatic nitrogens is 1. The average Bonchev–Trinajstić information content (AvgIpc) is 2.92. The second-order valence-corrected chi connectivity index (χ2v) is 5.95. The first-order valence-electron chi connectivity index (χ1n) is 8.49. The van der Waals surface area contributed by atoms with Crippen molar-refractivity contribution in [2.45, 2.75) is 64.7 Å². The lowest BCUT2D eigenvalue weighted by atomic mass is 10.0. The molecule has 0 spiro atoms. The molecule has 0 aliphatic heterocycles.